The second-order valence-corrected chi connectivity index (χ2v) is 5.85. The number of nitrogens with zero attached hydrogens (tertiary/aromatic N) is 1. The van der Waals surface area contributed by atoms with Crippen LogP contribution in [0, 0.1) is 6.92 Å². The fraction of sp³-hybridized carbons (Fsp3) is 0.176. The number of rotatable bonds is 4. The first-order valence-corrected chi connectivity index (χ1v) is 7.43. The van der Waals surface area contributed by atoms with Crippen molar-refractivity contribution < 1.29 is 9.63 Å². The lowest BCUT2D eigenvalue weighted by Crippen LogP contribution is -1.99. The topological polar surface area (TPSA) is 38.7 Å². The van der Waals surface area contributed by atoms with Gasteiger partial charge in [-0.3, -0.25) is 0 Å². The van der Waals surface area contributed by atoms with Crippen LogP contribution in [-0.4, -0.2) is 11.7 Å². The van der Waals surface area contributed by atoms with E-state index in [2.05, 4.69) is 41.2 Å². The Morgan fingerprint density at radius 3 is 2.00 bits per heavy atom. The van der Waals surface area contributed by atoms with E-state index in [1.54, 1.807) is 11.8 Å². The van der Waals surface area contributed by atoms with E-state index in [1.807, 2.05) is 31.2 Å². The van der Waals surface area contributed by atoms with Crippen molar-refractivity contribution in [2.24, 2.45) is 5.16 Å². The fourth-order valence-corrected chi connectivity index (χ4v) is 2.51. The van der Waals surface area contributed by atoms with Crippen LogP contribution in [0.1, 0.15) is 25.0 Å². The van der Waals surface area contributed by atoms with Gasteiger partial charge >= 0.3 is 5.97 Å². The zero-order chi connectivity index (χ0) is 15.2. The van der Waals surface area contributed by atoms with Crippen molar-refractivity contribution in [1.29, 1.82) is 0 Å². The molecular weight excluding hydrogens is 282 g/mol. The maximum absolute atomic E-state index is 10.7. The third kappa shape index (κ3) is 4.76. The number of hydrogen-bond acceptors (Lipinski definition) is 4. The van der Waals surface area contributed by atoms with Gasteiger partial charge in [0, 0.05) is 16.7 Å². The Hall–Kier alpha value is -2.07. The molecule has 0 aliphatic rings. The zero-order valence-corrected chi connectivity index (χ0v) is 13.1. The summed E-state index contributed by atoms with van der Waals surface area (Å²) < 4.78 is 0. The smallest absolute Gasteiger partial charge is 0.318 e. The Morgan fingerprint density at radius 2 is 1.48 bits per heavy atom. The maximum atomic E-state index is 10.7. The molecule has 4 heteroatoms. The molecule has 0 saturated heterocycles. The molecule has 0 atom stereocenters. The molecule has 0 unspecified atom stereocenters. The molecule has 0 bridgehead atoms. The van der Waals surface area contributed by atoms with Crippen LogP contribution in [0.25, 0.3) is 0 Å². The number of oxime groups is 1. The lowest BCUT2D eigenvalue weighted by atomic mass is 10.1. The van der Waals surface area contributed by atoms with Gasteiger partial charge in [0.05, 0.1) is 5.71 Å². The maximum Gasteiger partial charge on any atom is 0.331 e. The summed E-state index contributed by atoms with van der Waals surface area (Å²) in [6.45, 7) is 5.22. The van der Waals surface area contributed by atoms with E-state index in [9.17, 15) is 4.79 Å². The molecule has 108 valence electrons. The molecule has 0 aliphatic carbocycles. The molecule has 2 aromatic carbocycles. The van der Waals surface area contributed by atoms with Crippen LogP contribution in [0.2, 0.25) is 0 Å². The summed E-state index contributed by atoms with van der Waals surface area (Å²) in [4.78, 5) is 17.7. The Morgan fingerprint density at radius 1 is 0.952 bits per heavy atom. The first-order chi connectivity index (χ1) is 10.0. The van der Waals surface area contributed by atoms with Gasteiger partial charge in [0.25, 0.3) is 0 Å². The van der Waals surface area contributed by atoms with Gasteiger partial charge < -0.3 is 4.84 Å². The van der Waals surface area contributed by atoms with Crippen molar-refractivity contribution in [3.05, 3.63) is 59.7 Å². The van der Waals surface area contributed by atoms with Crippen molar-refractivity contribution in [2.75, 3.05) is 0 Å². The second-order valence-electron chi connectivity index (χ2n) is 4.70. The first-order valence-electron chi connectivity index (χ1n) is 6.62. The largest absolute Gasteiger partial charge is 0.331 e. The summed E-state index contributed by atoms with van der Waals surface area (Å²) in [5.74, 6) is -0.416. The van der Waals surface area contributed by atoms with Crippen molar-refractivity contribution in [2.45, 2.75) is 30.6 Å². The van der Waals surface area contributed by atoms with Gasteiger partial charge in [-0.25, -0.2) is 4.79 Å². The summed E-state index contributed by atoms with van der Waals surface area (Å²) >= 11 is 1.71. The van der Waals surface area contributed by atoms with Gasteiger partial charge in [-0.05, 0) is 43.7 Å². The third-order valence-electron chi connectivity index (χ3n) is 2.84. The minimum Gasteiger partial charge on any atom is -0.318 e. The third-order valence-corrected chi connectivity index (χ3v) is 3.86. The zero-order valence-electron chi connectivity index (χ0n) is 12.3. The van der Waals surface area contributed by atoms with Gasteiger partial charge in [-0.2, -0.15) is 0 Å². The Bertz CT molecular complexity index is 645. The number of benzene rings is 2. The first kappa shape index (κ1) is 15.3. The van der Waals surface area contributed by atoms with Crippen LogP contribution in [-0.2, 0) is 9.63 Å². The molecule has 2 aromatic rings. The normalized spacial score (nSPS) is 11.3. The summed E-state index contributed by atoms with van der Waals surface area (Å²) in [6, 6.07) is 16.4. The van der Waals surface area contributed by atoms with Crippen LogP contribution >= 0.6 is 11.8 Å². The molecule has 2 rings (SSSR count). The van der Waals surface area contributed by atoms with E-state index < -0.39 is 5.97 Å². The highest BCUT2D eigenvalue weighted by Gasteiger charge is 2.01. The molecule has 0 radical (unpaired) electrons. The van der Waals surface area contributed by atoms with Crippen LogP contribution in [0.4, 0.5) is 0 Å². The molecule has 3 nitrogen and oxygen atoms in total. The molecule has 0 aromatic heterocycles. The lowest BCUT2D eigenvalue weighted by Gasteiger charge is -2.04. The summed E-state index contributed by atoms with van der Waals surface area (Å²) in [5, 5.41) is 3.78. The highest BCUT2D eigenvalue weighted by molar-refractivity contribution is 7.99. The number of carbonyl (C=O) groups is 1. The number of carbonyl (C=O) groups excluding carboxylic acids is 1. The molecule has 0 N–H and O–H groups in total. The van der Waals surface area contributed by atoms with E-state index in [1.165, 1.54) is 17.4 Å². The van der Waals surface area contributed by atoms with E-state index in [0.29, 0.717) is 5.71 Å². The predicted octanol–water partition coefficient (Wildman–Crippen LogP) is 4.43. The summed E-state index contributed by atoms with van der Waals surface area (Å²) in [7, 11) is 0. The second kappa shape index (κ2) is 7.09. The minimum absolute atomic E-state index is 0.416. The standard InChI is InChI=1S/C17H17NO2S/c1-12-4-8-16(9-5-12)21-17-10-6-15(7-11-17)13(2)18-20-14(3)19/h4-11H,1-3H3/b18-13+. The average Bonchev–Trinajstić information content (AvgIpc) is 2.48. The van der Waals surface area contributed by atoms with E-state index in [0.717, 1.165) is 10.5 Å². The highest BCUT2D eigenvalue weighted by atomic mass is 32.2. The Labute approximate surface area is 129 Å². The van der Waals surface area contributed by atoms with Crippen LogP contribution in [0.3, 0.4) is 0 Å². The lowest BCUT2D eigenvalue weighted by molar-refractivity contribution is -0.140. The van der Waals surface area contributed by atoms with Crippen LogP contribution in [0.15, 0.2) is 63.5 Å². The summed E-state index contributed by atoms with van der Waals surface area (Å²) in [6.07, 6.45) is 0. The highest BCUT2D eigenvalue weighted by Crippen LogP contribution is 2.27. The van der Waals surface area contributed by atoms with Crippen molar-refractivity contribution in [3.8, 4) is 0 Å². The van der Waals surface area contributed by atoms with Crippen molar-refractivity contribution in [3.63, 3.8) is 0 Å². The quantitative estimate of drug-likeness (QED) is 0.476. The van der Waals surface area contributed by atoms with Crippen LogP contribution in [0.5, 0.6) is 0 Å². The Balaban J connectivity index is 2.06. The Kier molecular flexibility index (Phi) is 5.17. The SMILES string of the molecule is CC(=O)O/N=C(\C)c1ccc(Sc2ccc(C)cc2)cc1. The monoisotopic (exact) mass is 299 g/mol. The van der Waals surface area contributed by atoms with Gasteiger partial charge in [0.15, 0.2) is 0 Å². The van der Waals surface area contributed by atoms with Gasteiger partial charge in [0.2, 0.25) is 0 Å². The van der Waals surface area contributed by atoms with E-state index in [-0.39, 0.29) is 0 Å². The van der Waals surface area contributed by atoms with Crippen molar-refractivity contribution >= 4 is 23.4 Å². The molecule has 0 spiro atoms. The molecule has 0 heterocycles. The van der Waals surface area contributed by atoms with Crippen LogP contribution < -0.4 is 0 Å². The average molecular weight is 299 g/mol. The molecule has 0 fully saturated rings. The van der Waals surface area contributed by atoms with Crippen molar-refractivity contribution in [1.82, 2.24) is 0 Å². The molecule has 0 aliphatic heterocycles. The molecule has 21 heavy (non-hydrogen) atoms. The van der Waals surface area contributed by atoms with E-state index in [4.69, 9.17) is 0 Å². The molecular formula is C17H17NO2S. The molecule has 0 saturated carbocycles. The molecule has 0 amide bonds. The van der Waals surface area contributed by atoms with E-state index >= 15 is 0 Å². The van der Waals surface area contributed by atoms with Gasteiger partial charge in [-0.15, -0.1) is 0 Å². The van der Waals surface area contributed by atoms with Gasteiger partial charge in [-0.1, -0.05) is 46.7 Å². The number of aryl methyl sites for hydroxylation is 1. The minimum atomic E-state index is -0.416. The predicted molar refractivity (Wildman–Crippen MR) is 85.7 cm³/mol. The van der Waals surface area contributed by atoms with Gasteiger partial charge in [0.1, 0.15) is 0 Å². The fourth-order valence-electron chi connectivity index (χ4n) is 1.69. The number of hydrogen-bond donors (Lipinski definition) is 0. The summed E-state index contributed by atoms with van der Waals surface area (Å²) in [5.41, 5.74) is 2.87.